The first-order valence-corrected chi connectivity index (χ1v) is 8.54. The molecule has 0 aromatic carbocycles. The van der Waals surface area contributed by atoms with Gasteiger partial charge in [0.05, 0.1) is 4.34 Å². The predicted octanol–water partition coefficient (Wildman–Crippen LogP) is 3.92. The van der Waals surface area contributed by atoms with E-state index >= 15 is 0 Å². The molecule has 1 fully saturated rings. The lowest BCUT2D eigenvalue weighted by molar-refractivity contribution is 0.123. The highest BCUT2D eigenvalue weighted by Crippen LogP contribution is 2.40. The second-order valence-electron chi connectivity index (χ2n) is 6.12. The van der Waals surface area contributed by atoms with Gasteiger partial charge in [0.1, 0.15) is 0 Å². The zero-order valence-electron chi connectivity index (χ0n) is 11.3. The standard InChI is InChI=1S/C15H22ClNOS/c16-14-8-11-12(4-3-5-13(11)19-14)17-9-15(10-18)6-1-2-7-15/h8,12,17-18H,1-7,9-10H2. The Kier molecular flexibility index (Phi) is 4.18. The van der Waals surface area contributed by atoms with E-state index in [1.54, 1.807) is 11.3 Å². The topological polar surface area (TPSA) is 32.3 Å². The van der Waals surface area contributed by atoms with Crippen molar-refractivity contribution in [2.75, 3.05) is 13.2 Å². The van der Waals surface area contributed by atoms with Crippen LogP contribution in [0.25, 0.3) is 0 Å². The highest BCUT2D eigenvalue weighted by atomic mass is 35.5. The summed E-state index contributed by atoms with van der Waals surface area (Å²) in [6.07, 6.45) is 8.48. The minimum Gasteiger partial charge on any atom is -0.396 e. The third-order valence-corrected chi connectivity index (χ3v) is 6.15. The minimum absolute atomic E-state index is 0.136. The average molecular weight is 300 g/mol. The van der Waals surface area contributed by atoms with E-state index in [-0.39, 0.29) is 5.41 Å². The van der Waals surface area contributed by atoms with Gasteiger partial charge >= 0.3 is 0 Å². The van der Waals surface area contributed by atoms with Crippen LogP contribution < -0.4 is 5.32 Å². The molecule has 1 aromatic rings. The molecule has 0 radical (unpaired) electrons. The Labute approximate surface area is 124 Å². The van der Waals surface area contributed by atoms with Gasteiger partial charge in [0.2, 0.25) is 0 Å². The first-order valence-electron chi connectivity index (χ1n) is 7.35. The van der Waals surface area contributed by atoms with Gasteiger partial charge in [0, 0.05) is 29.5 Å². The van der Waals surface area contributed by atoms with Crippen molar-refractivity contribution < 1.29 is 5.11 Å². The fourth-order valence-electron chi connectivity index (χ4n) is 3.59. The van der Waals surface area contributed by atoms with Crippen molar-refractivity contribution >= 4 is 22.9 Å². The maximum atomic E-state index is 9.69. The van der Waals surface area contributed by atoms with Gasteiger partial charge < -0.3 is 10.4 Å². The largest absolute Gasteiger partial charge is 0.396 e. The highest BCUT2D eigenvalue weighted by molar-refractivity contribution is 7.16. The monoisotopic (exact) mass is 299 g/mol. The van der Waals surface area contributed by atoms with Crippen LogP contribution in [0.5, 0.6) is 0 Å². The predicted molar refractivity (Wildman–Crippen MR) is 81.0 cm³/mol. The molecule has 3 rings (SSSR count). The maximum Gasteiger partial charge on any atom is 0.0934 e. The SMILES string of the molecule is OCC1(CNC2CCCc3sc(Cl)cc32)CCCC1. The number of aliphatic hydroxyl groups is 1. The van der Waals surface area contributed by atoms with E-state index in [4.69, 9.17) is 11.6 Å². The van der Waals surface area contributed by atoms with Crippen LogP contribution >= 0.6 is 22.9 Å². The van der Waals surface area contributed by atoms with Gasteiger partial charge in [-0.2, -0.15) is 0 Å². The van der Waals surface area contributed by atoms with E-state index < -0.39 is 0 Å². The van der Waals surface area contributed by atoms with Crippen LogP contribution in [-0.4, -0.2) is 18.3 Å². The number of thiophene rings is 1. The smallest absolute Gasteiger partial charge is 0.0934 e. The molecule has 1 saturated carbocycles. The highest BCUT2D eigenvalue weighted by Gasteiger charge is 2.34. The lowest BCUT2D eigenvalue weighted by Crippen LogP contribution is -2.37. The summed E-state index contributed by atoms with van der Waals surface area (Å²) < 4.78 is 0.913. The van der Waals surface area contributed by atoms with Crippen molar-refractivity contribution in [1.29, 1.82) is 0 Å². The second-order valence-corrected chi connectivity index (χ2v) is 7.89. The van der Waals surface area contributed by atoms with E-state index in [0.29, 0.717) is 12.6 Å². The molecule has 1 heterocycles. The Bertz CT molecular complexity index is 439. The number of hydrogen-bond acceptors (Lipinski definition) is 3. The number of rotatable bonds is 4. The molecule has 2 nitrogen and oxygen atoms in total. The number of aliphatic hydroxyl groups excluding tert-OH is 1. The van der Waals surface area contributed by atoms with E-state index in [0.717, 1.165) is 10.9 Å². The second kappa shape index (κ2) is 5.72. The normalized spacial score (nSPS) is 25.5. The molecule has 2 N–H and O–H groups in total. The molecule has 4 heteroatoms. The van der Waals surface area contributed by atoms with E-state index in [1.165, 1.54) is 55.4 Å². The zero-order valence-corrected chi connectivity index (χ0v) is 12.8. The summed E-state index contributed by atoms with van der Waals surface area (Å²) >= 11 is 7.88. The minimum atomic E-state index is 0.136. The van der Waals surface area contributed by atoms with Crippen LogP contribution in [0.2, 0.25) is 4.34 Å². The van der Waals surface area contributed by atoms with Gasteiger partial charge in [-0.3, -0.25) is 0 Å². The van der Waals surface area contributed by atoms with Gasteiger partial charge in [-0.25, -0.2) is 0 Å². The molecule has 106 valence electrons. The van der Waals surface area contributed by atoms with Crippen LogP contribution in [0, 0.1) is 5.41 Å². The van der Waals surface area contributed by atoms with E-state index in [9.17, 15) is 5.11 Å². The Balaban J connectivity index is 1.67. The van der Waals surface area contributed by atoms with Gasteiger partial charge in [0.15, 0.2) is 0 Å². The van der Waals surface area contributed by atoms with Gasteiger partial charge in [-0.1, -0.05) is 24.4 Å². The molecule has 19 heavy (non-hydrogen) atoms. The van der Waals surface area contributed by atoms with Crippen molar-refractivity contribution in [1.82, 2.24) is 5.32 Å². The van der Waals surface area contributed by atoms with Crippen molar-refractivity contribution in [2.24, 2.45) is 5.41 Å². The molecule has 0 amide bonds. The molecule has 1 aromatic heterocycles. The molecule has 0 saturated heterocycles. The Morgan fingerprint density at radius 1 is 1.37 bits per heavy atom. The number of fused-ring (bicyclic) bond motifs is 1. The van der Waals surface area contributed by atoms with Crippen LogP contribution in [0.1, 0.15) is 55.0 Å². The van der Waals surface area contributed by atoms with Crippen LogP contribution in [-0.2, 0) is 6.42 Å². The van der Waals surface area contributed by atoms with Gasteiger partial charge in [0.25, 0.3) is 0 Å². The fraction of sp³-hybridized carbons (Fsp3) is 0.733. The fourth-order valence-corrected chi connectivity index (χ4v) is 4.97. The molecule has 2 aliphatic carbocycles. The Hall–Kier alpha value is -0.0900. The average Bonchev–Trinajstić information content (AvgIpc) is 3.02. The number of aryl methyl sites for hydroxylation is 1. The molecule has 2 aliphatic rings. The van der Waals surface area contributed by atoms with E-state index in [1.807, 2.05) is 0 Å². The summed E-state index contributed by atoms with van der Waals surface area (Å²) in [4.78, 5) is 1.46. The lowest BCUT2D eigenvalue weighted by atomic mass is 9.86. The van der Waals surface area contributed by atoms with Crippen molar-refractivity contribution in [2.45, 2.75) is 51.0 Å². The third-order valence-electron chi connectivity index (χ3n) is 4.81. The van der Waals surface area contributed by atoms with Crippen molar-refractivity contribution in [3.63, 3.8) is 0 Å². The van der Waals surface area contributed by atoms with Crippen LogP contribution in [0.15, 0.2) is 6.07 Å². The number of hydrogen-bond donors (Lipinski definition) is 2. The number of nitrogens with one attached hydrogen (secondary N) is 1. The summed E-state index contributed by atoms with van der Waals surface area (Å²) in [5.41, 5.74) is 1.55. The van der Waals surface area contributed by atoms with Crippen molar-refractivity contribution in [3.05, 3.63) is 20.8 Å². The summed E-state index contributed by atoms with van der Waals surface area (Å²) in [6, 6.07) is 2.58. The molecule has 1 unspecified atom stereocenters. The number of halogens is 1. The molecular weight excluding hydrogens is 278 g/mol. The first-order chi connectivity index (χ1) is 9.22. The Morgan fingerprint density at radius 2 is 2.16 bits per heavy atom. The summed E-state index contributed by atoms with van der Waals surface area (Å²) in [7, 11) is 0. The van der Waals surface area contributed by atoms with Crippen LogP contribution in [0.4, 0.5) is 0 Å². The molecular formula is C15H22ClNOS. The summed E-state index contributed by atoms with van der Waals surface area (Å²) in [6.45, 7) is 1.27. The van der Waals surface area contributed by atoms with Crippen LogP contribution in [0.3, 0.4) is 0 Å². The summed E-state index contributed by atoms with van der Waals surface area (Å²) in [5.74, 6) is 0. The lowest BCUT2D eigenvalue weighted by Gasteiger charge is -2.31. The summed E-state index contributed by atoms with van der Waals surface area (Å²) in [5, 5.41) is 13.4. The van der Waals surface area contributed by atoms with E-state index in [2.05, 4.69) is 11.4 Å². The first kappa shape index (κ1) is 13.9. The zero-order chi connectivity index (χ0) is 13.3. The van der Waals surface area contributed by atoms with Gasteiger partial charge in [-0.05, 0) is 43.7 Å². The quantitative estimate of drug-likeness (QED) is 0.883. The maximum absolute atomic E-state index is 9.69. The third kappa shape index (κ3) is 2.85. The van der Waals surface area contributed by atoms with Crippen molar-refractivity contribution in [3.8, 4) is 0 Å². The Morgan fingerprint density at radius 3 is 2.89 bits per heavy atom. The van der Waals surface area contributed by atoms with Gasteiger partial charge in [-0.15, -0.1) is 11.3 Å². The molecule has 0 bridgehead atoms. The molecule has 0 aliphatic heterocycles. The molecule has 0 spiro atoms. The molecule has 1 atom stereocenters.